The summed E-state index contributed by atoms with van der Waals surface area (Å²) in [6.07, 6.45) is 3.81. The molecule has 1 fully saturated rings. The summed E-state index contributed by atoms with van der Waals surface area (Å²) in [7, 11) is 0. The van der Waals surface area contributed by atoms with Crippen molar-refractivity contribution >= 4 is 34.9 Å². The highest BCUT2D eigenvalue weighted by Crippen LogP contribution is 2.20. The summed E-state index contributed by atoms with van der Waals surface area (Å²) in [5.41, 5.74) is 4.89. The Hall–Kier alpha value is -5.14. The molecule has 2 aromatic heterocycles. The van der Waals surface area contributed by atoms with Crippen LogP contribution in [0.25, 0.3) is 11.0 Å². The average Bonchev–Trinajstić information content (AvgIpc) is 3.32. The first-order valence-corrected chi connectivity index (χ1v) is 12.9. The fourth-order valence-corrected chi connectivity index (χ4v) is 4.24. The third-order valence-corrected chi connectivity index (χ3v) is 6.24. The van der Waals surface area contributed by atoms with Gasteiger partial charge in [-0.25, -0.2) is 24.2 Å². The number of nitrogens with zero attached hydrogens (tertiary/aromatic N) is 5. The van der Waals surface area contributed by atoms with Crippen LogP contribution in [0.5, 0.6) is 0 Å². The SMILES string of the molecule is O=C(O)C(=O)O.O=C(O)C(=O)O.c1ccc(Cn2c(CN3CCN(Cc4cccnc4)CC3)nc3ccccc32)cc1. The lowest BCUT2D eigenvalue weighted by atomic mass is 10.2. The van der Waals surface area contributed by atoms with Gasteiger partial charge >= 0.3 is 23.9 Å². The van der Waals surface area contributed by atoms with Gasteiger partial charge < -0.3 is 25.0 Å². The molecule has 0 saturated carbocycles. The zero-order valence-corrected chi connectivity index (χ0v) is 22.6. The molecule has 2 aromatic carbocycles. The van der Waals surface area contributed by atoms with Crippen LogP contribution in [0.15, 0.2) is 79.1 Å². The molecule has 0 amide bonds. The second-order valence-corrected chi connectivity index (χ2v) is 9.22. The molecule has 4 N–H and O–H groups in total. The van der Waals surface area contributed by atoms with Gasteiger partial charge in [0, 0.05) is 51.7 Å². The third-order valence-electron chi connectivity index (χ3n) is 6.24. The van der Waals surface area contributed by atoms with Crippen molar-refractivity contribution in [3.63, 3.8) is 0 Å². The van der Waals surface area contributed by atoms with Gasteiger partial charge in [-0.15, -0.1) is 0 Å². The van der Waals surface area contributed by atoms with Crippen LogP contribution in [-0.4, -0.2) is 94.8 Å². The molecule has 1 aliphatic heterocycles. The van der Waals surface area contributed by atoms with Gasteiger partial charge in [-0.05, 0) is 29.3 Å². The van der Waals surface area contributed by atoms with Crippen molar-refractivity contribution in [1.82, 2.24) is 24.3 Å². The van der Waals surface area contributed by atoms with Crippen LogP contribution in [0.3, 0.4) is 0 Å². The van der Waals surface area contributed by atoms with Crippen molar-refractivity contribution in [1.29, 1.82) is 0 Å². The Balaban J connectivity index is 0.000000342. The molecule has 0 unspecified atom stereocenters. The molecule has 4 aromatic rings. The van der Waals surface area contributed by atoms with Gasteiger partial charge in [-0.2, -0.15) is 0 Å². The number of aliphatic carboxylic acids is 4. The maximum absolute atomic E-state index is 9.10. The van der Waals surface area contributed by atoms with Gasteiger partial charge in [0.25, 0.3) is 0 Å². The molecule has 0 atom stereocenters. The van der Waals surface area contributed by atoms with E-state index in [0.717, 1.165) is 57.2 Å². The number of pyridine rings is 1. The van der Waals surface area contributed by atoms with Crippen LogP contribution in [0.4, 0.5) is 0 Å². The largest absolute Gasteiger partial charge is 0.473 e. The maximum atomic E-state index is 9.10. The number of carboxylic acids is 4. The van der Waals surface area contributed by atoms with Crippen LogP contribution >= 0.6 is 0 Å². The number of fused-ring (bicyclic) bond motifs is 1. The lowest BCUT2D eigenvalue weighted by Gasteiger charge is -2.34. The van der Waals surface area contributed by atoms with E-state index in [1.165, 1.54) is 16.6 Å². The number of piperazine rings is 1. The number of benzene rings is 2. The zero-order valence-electron chi connectivity index (χ0n) is 22.6. The molecule has 42 heavy (non-hydrogen) atoms. The molecule has 5 rings (SSSR count). The van der Waals surface area contributed by atoms with Crippen molar-refractivity contribution in [3.8, 4) is 0 Å². The van der Waals surface area contributed by atoms with Gasteiger partial charge in [-0.1, -0.05) is 48.5 Å². The molecule has 13 heteroatoms. The van der Waals surface area contributed by atoms with Crippen LogP contribution < -0.4 is 0 Å². The smallest absolute Gasteiger partial charge is 0.414 e. The van der Waals surface area contributed by atoms with Crippen molar-refractivity contribution in [2.24, 2.45) is 0 Å². The number of carbonyl (C=O) groups is 4. The first-order chi connectivity index (χ1) is 20.1. The summed E-state index contributed by atoms with van der Waals surface area (Å²) in [6, 6.07) is 23.3. The fraction of sp³-hybridized carbons (Fsp3) is 0.241. The molecule has 1 saturated heterocycles. The van der Waals surface area contributed by atoms with Gasteiger partial charge in [0.2, 0.25) is 0 Å². The second-order valence-electron chi connectivity index (χ2n) is 9.22. The Kier molecular flexibility index (Phi) is 11.7. The molecule has 0 spiro atoms. The minimum Gasteiger partial charge on any atom is -0.473 e. The summed E-state index contributed by atoms with van der Waals surface area (Å²) in [4.78, 5) is 50.7. The number of imidazole rings is 1. The highest BCUT2D eigenvalue weighted by atomic mass is 16.4. The summed E-state index contributed by atoms with van der Waals surface area (Å²) >= 11 is 0. The van der Waals surface area contributed by atoms with Crippen molar-refractivity contribution in [2.45, 2.75) is 19.6 Å². The minimum atomic E-state index is -1.82. The van der Waals surface area contributed by atoms with E-state index in [0.29, 0.717) is 0 Å². The molecular formula is C29H31N5O8. The molecule has 0 bridgehead atoms. The summed E-state index contributed by atoms with van der Waals surface area (Å²) in [5, 5.41) is 29.6. The van der Waals surface area contributed by atoms with Gasteiger partial charge in [0.15, 0.2) is 0 Å². The minimum absolute atomic E-state index is 0.859. The van der Waals surface area contributed by atoms with Gasteiger partial charge in [0.05, 0.1) is 17.6 Å². The Morgan fingerprint density at radius 3 is 1.69 bits per heavy atom. The zero-order chi connectivity index (χ0) is 30.5. The highest BCUT2D eigenvalue weighted by molar-refractivity contribution is 6.27. The second kappa shape index (κ2) is 15.6. The molecule has 0 radical (unpaired) electrons. The Morgan fingerprint density at radius 1 is 0.619 bits per heavy atom. The van der Waals surface area contributed by atoms with E-state index in [-0.39, 0.29) is 0 Å². The Morgan fingerprint density at radius 2 is 1.14 bits per heavy atom. The summed E-state index contributed by atoms with van der Waals surface area (Å²) in [5.74, 6) is -6.14. The van der Waals surface area contributed by atoms with Crippen molar-refractivity contribution in [2.75, 3.05) is 26.2 Å². The first kappa shape index (κ1) is 31.4. The van der Waals surface area contributed by atoms with Gasteiger partial charge in [0.1, 0.15) is 5.82 Å². The molecule has 220 valence electrons. The van der Waals surface area contributed by atoms with E-state index in [1.54, 1.807) is 0 Å². The number of carboxylic acid groups (broad SMARTS) is 4. The number of rotatable bonds is 6. The average molecular weight is 578 g/mol. The third kappa shape index (κ3) is 9.80. The predicted molar refractivity (Wildman–Crippen MR) is 151 cm³/mol. The van der Waals surface area contributed by atoms with E-state index < -0.39 is 23.9 Å². The van der Waals surface area contributed by atoms with E-state index >= 15 is 0 Å². The predicted octanol–water partition coefficient (Wildman–Crippen LogP) is 2.11. The molecule has 3 heterocycles. The Bertz CT molecular complexity index is 1440. The van der Waals surface area contributed by atoms with E-state index in [2.05, 4.69) is 80.0 Å². The topological polar surface area (TPSA) is 186 Å². The normalized spacial score (nSPS) is 13.2. The molecule has 1 aliphatic rings. The number of hydrogen-bond donors (Lipinski definition) is 4. The first-order valence-electron chi connectivity index (χ1n) is 12.9. The molecule has 0 aliphatic carbocycles. The highest BCUT2D eigenvalue weighted by Gasteiger charge is 2.20. The van der Waals surface area contributed by atoms with Gasteiger partial charge in [-0.3, -0.25) is 14.8 Å². The number of hydrogen-bond acceptors (Lipinski definition) is 8. The fourth-order valence-electron chi connectivity index (χ4n) is 4.24. The Labute approximate surface area is 240 Å². The monoisotopic (exact) mass is 577 g/mol. The standard InChI is InChI=1S/C25H27N5.2C2H2O4/c1-2-7-21(8-3-1)19-30-24-11-5-4-10-23(24)27-25(30)20-29-15-13-28(14-16-29)18-22-9-6-12-26-17-22;2*3-1(4)2(5)6/h1-12,17H,13-16,18-20H2;2*(H,3,4)(H,5,6). The van der Waals surface area contributed by atoms with Crippen molar-refractivity contribution in [3.05, 3.63) is 96.1 Å². The van der Waals surface area contributed by atoms with E-state index in [1.807, 2.05) is 18.5 Å². The number of aromatic nitrogens is 3. The molecule has 13 nitrogen and oxygen atoms in total. The van der Waals surface area contributed by atoms with Crippen LogP contribution in [0.2, 0.25) is 0 Å². The maximum Gasteiger partial charge on any atom is 0.414 e. The summed E-state index contributed by atoms with van der Waals surface area (Å²) < 4.78 is 2.38. The lowest BCUT2D eigenvalue weighted by molar-refractivity contribution is -0.159. The van der Waals surface area contributed by atoms with Crippen molar-refractivity contribution < 1.29 is 39.6 Å². The lowest BCUT2D eigenvalue weighted by Crippen LogP contribution is -2.45. The van der Waals surface area contributed by atoms with Crippen LogP contribution in [-0.2, 0) is 38.8 Å². The van der Waals surface area contributed by atoms with E-state index in [9.17, 15) is 0 Å². The summed E-state index contributed by atoms with van der Waals surface area (Å²) in [6.45, 7) is 7.01. The van der Waals surface area contributed by atoms with Crippen LogP contribution in [0.1, 0.15) is 17.0 Å². The van der Waals surface area contributed by atoms with E-state index in [4.69, 9.17) is 44.6 Å². The molecular weight excluding hydrogens is 546 g/mol. The van der Waals surface area contributed by atoms with Crippen LogP contribution in [0, 0.1) is 0 Å². The number of para-hydroxylation sites is 2. The quantitative estimate of drug-likeness (QED) is 0.245.